The van der Waals surface area contributed by atoms with Gasteiger partial charge in [0.15, 0.2) is 0 Å². The van der Waals surface area contributed by atoms with E-state index in [4.69, 9.17) is 10.5 Å². The quantitative estimate of drug-likeness (QED) is 0.918. The van der Waals surface area contributed by atoms with Crippen LogP contribution in [0.1, 0.15) is 35.5 Å². The molecule has 126 valence electrons. The average Bonchev–Trinajstić information content (AvgIpc) is 2.59. The number of fused-ring (bicyclic) bond motifs is 1. The fourth-order valence-corrected chi connectivity index (χ4v) is 2.52. The van der Waals surface area contributed by atoms with Crippen molar-refractivity contribution in [3.05, 3.63) is 41.3 Å². The second kappa shape index (κ2) is 6.82. The number of anilines is 1. The Bertz CT molecular complexity index is 730. The Balaban J connectivity index is 1.68. The Hall–Kier alpha value is -2.70. The van der Waals surface area contributed by atoms with Crippen molar-refractivity contribution in [3.8, 4) is 5.88 Å². The van der Waals surface area contributed by atoms with Crippen molar-refractivity contribution in [2.75, 3.05) is 18.9 Å². The number of nitrogen functional groups attached to an aromatic ring is 1. The molecule has 0 aromatic carbocycles. The number of nitrogens with zero attached hydrogens (tertiary/aromatic N) is 4. The lowest BCUT2D eigenvalue weighted by molar-refractivity contribution is 0.0731. The van der Waals surface area contributed by atoms with Gasteiger partial charge in [0, 0.05) is 25.0 Å². The average molecular weight is 327 g/mol. The van der Waals surface area contributed by atoms with Crippen LogP contribution in [0.3, 0.4) is 0 Å². The fraction of sp³-hybridized carbons (Fsp3) is 0.412. The minimum atomic E-state index is -0.0688. The molecule has 0 fully saturated rings. The highest BCUT2D eigenvalue weighted by atomic mass is 16.5. The van der Waals surface area contributed by atoms with Crippen molar-refractivity contribution < 1.29 is 9.53 Å². The molecular weight excluding hydrogens is 306 g/mol. The van der Waals surface area contributed by atoms with Gasteiger partial charge in [-0.15, -0.1) is 0 Å². The summed E-state index contributed by atoms with van der Waals surface area (Å²) in [6.45, 7) is 5.81. The third-order valence-corrected chi connectivity index (χ3v) is 3.80. The fourth-order valence-electron chi connectivity index (χ4n) is 2.52. The molecule has 7 heteroatoms. The summed E-state index contributed by atoms with van der Waals surface area (Å²) in [4.78, 5) is 26.8. The van der Waals surface area contributed by atoms with Crippen molar-refractivity contribution >= 4 is 11.9 Å². The largest absolute Gasteiger partial charge is 0.477 e. The van der Waals surface area contributed by atoms with E-state index in [9.17, 15) is 4.79 Å². The third kappa shape index (κ3) is 3.61. The molecule has 0 bridgehead atoms. The van der Waals surface area contributed by atoms with Crippen molar-refractivity contribution in [1.29, 1.82) is 0 Å². The SMILES string of the molecule is CC(C)COc1ccc(C(=O)N2CCc3cnc(N)nc3C2)cn1. The molecule has 0 radical (unpaired) electrons. The Morgan fingerprint density at radius 3 is 2.88 bits per heavy atom. The number of rotatable bonds is 4. The molecule has 1 amide bonds. The summed E-state index contributed by atoms with van der Waals surface area (Å²) in [7, 11) is 0. The summed E-state index contributed by atoms with van der Waals surface area (Å²) >= 11 is 0. The van der Waals surface area contributed by atoms with Gasteiger partial charge < -0.3 is 15.4 Å². The number of aromatic nitrogens is 3. The van der Waals surface area contributed by atoms with E-state index in [1.54, 1.807) is 29.4 Å². The van der Waals surface area contributed by atoms with Crippen LogP contribution in [0.5, 0.6) is 5.88 Å². The van der Waals surface area contributed by atoms with Gasteiger partial charge in [-0.1, -0.05) is 13.8 Å². The molecule has 24 heavy (non-hydrogen) atoms. The first-order chi connectivity index (χ1) is 11.5. The first-order valence-electron chi connectivity index (χ1n) is 8.01. The number of ether oxygens (including phenoxy) is 1. The maximum Gasteiger partial charge on any atom is 0.255 e. The zero-order valence-corrected chi connectivity index (χ0v) is 13.9. The van der Waals surface area contributed by atoms with Crippen molar-refractivity contribution in [2.45, 2.75) is 26.8 Å². The zero-order chi connectivity index (χ0) is 17.1. The Labute approximate surface area is 140 Å². The Morgan fingerprint density at radius 1 is 1.33 bits per heavy atom. The predicted molar refractivity (Wildman–Crippen MR) is 89.5 cm³/mol. The first-order valence-corrected chi connectivity index (χ1v) is 8.01. The number of pyridine rings is 1. The van der Waals surface area contributed by atoms with Gasteiger partial charge >= 0.3 is 0 Å². The summed E-state index contributed by atoms with van der Waals surface area (Å²) in [6, 6.07) is 3.47. The first kappa shape index (κ1) is 16.2. The number of amides is 1. The molecule has 0 unspecified atom stereocenters. The van der Waals surface area contributed by atoms with Crippen molar-refractivity contribution in [3.63, 3.8) is 0 Å². The van der Waals surface area contributed by atoms with E-state index >= 15 is 0 Å². The number of hydrogen-bond donors (Lipinski definition) is 1. The van der Waals surface area contributed by atoms with Gasteiger partial charge in [0.2, 0.25) is 11.8 Å². The summed E-state index contributed by atoms with van der Waals surface area (Å²) < 4.78 is 5.54. The summed E-state index contributed by atoms with van der Waals surface area (Å²) in [6.07, 6.45) is 4.02. The highest BCUT2D eigenvalue weighted by Gasteiger charge is 2.23. The van der Waals surface area contributed by atoms with E-state index in [0.29, 0.717) is 37.1 Å². The molecule has 2 aromatic rings. The van der Waals surface area contributed by atoms with E-state index in [0.717, 1.165) is 17.7 Å². The predicted octanol–water partition coefficient (Wildman–Crippen LogP) is 1.69. The summed E-state index contributed by atoms with van der Waals surface area (Å²) in [5.41, 5.74) is 8.03. The van der Waals surface area contributed by atoms with E-state index in [-0.39, 0.29) is 11.9 Å². The van der Waals surface area contributed by atoms with Crippen molar-refractivity contribution in [2.24, 2.45) is 5.92 Å². The van der Waals surface area contributed by atoms with Gasteiger partial charge in [0.1, 0.15) is 0 Å². The highest BCUT2D eigenvalue weighted by molar-refractivity contribution is 5.94. The normalized spacial score (nSPS) is 13.7. The minimum Gasteiger partial charge on any atom is -0.477 e. The lowest BCUT2D eigenvalue weighted by Crippen LogP contribution is -2.36. The second-order valence-electron chi connectivity index (χ2n) is 6.27. The molecule has 3 rings (SSSR count). The molecule has 3 heterocycles. The van der Waals surface area contributed by atoms with E-state index in [2.05, 4.69) is 28.8 Å². The van der Waals surface area contributed by atoms with Crippen LogP contribution in [-0.4, -0.2) is 38.9 Å². The van der Waals surface area contributed by atoms with Gasteiger partial charge in [-0.25, -0.2) is 15.0 Å². The van der Waals surface area contributed by atoms with Crippen LogP contribution in [0, 0.1) is 5.92 Å². The van der Waals surface area contributed by atoms with Gasteiger partial charge in [-0.3, -0.25) is 4.79 Å². The highest BCUT2D eigenvalue weighted by Crippen LogP contribution is 2.19. The van der Waals surface area contributed by atoms with E-state index < -0.39 is 0 Å². The molecule has 1 aliphatic heterocycles. The molecule has 0 saturated carbocycles. The van der Waals surface area contributed by atoms with Gasteiger partial charge in [0.25, 0.3) is 5.91 Å². The van der Waals surface area contributed by atoms with Crippen LogP contribution in [0.15, 0.2) is 24.5 Å². The maximum absolute atomic E-state index is 12.6. The molecule has 0 atom stereocenters. The van der Waals surface area contributed by atoms with Crippen LogP contribution in [0.25, 0.3) is 0 Å². The van der Waals surface area contributed by atoms with Gasteiger partial charge in [0.05, 0.1) is 24.4 Å². The Kier molecular flexibility index (Phi) is 4.59. The molecule has 2 N–H and O–H groups in total. The molecule has 1 aliphatic rings. The van der Waals surface area contributed by atoms with Crippen LogP contribution in [0.4, 0.5) is 5.95 Å². The minimum absolute atomic E-state index is 0.0688. The number of carbonyl (C=O) groups is 1. The second-order valence-corrected chi connectivity index (χ2v) is 6.27. The molecule has 7 nitrogen and oxygen atoms in total. The number of hydrogen-bond acceptors (Lipinski definition) is 6. The number of nitrogens with two attached hydrogens (primary N) is 1. The molecular formula is C17H21N5O2. The van der Waals surface area contributed by atoms with Crippen LogP contribution in [-0.2, 0) is 13.0 Å². The Morgan fingerprint density at radius 2 is 2.17 bits per heavy atom. The molecule has 0 spiro atoms. The number of carbonyl (C=O) groups excluding carboxylic acids is 1. The lowest BCUT2D eigenvalue weighted by atomic mass is 10.1. The molecule has 0 aliphatic carbocycles. The smallest absolute Gasteiger partial charge is 0.255 e. The maximum atomic E-state index is 12.6. The van der Waals surface area contributed by atoms with E-state index in [1.165, 1.54) is 0 Å². The van der Waals surface area contributed by atoms with Gasteiger partial charge in [-0.2, -0.15) is 0 Å². The van der Waals surface area contributed by atoms with Crippen molar-refractivity contribution in [1.82, 2.24) is 19.9 Å². The molecule has 2 aromatic heterocycles. The summed E-state index contributed by atoms with van der Waals surface area (Å²) in [5.74, 6) is 1.12. The zero-order valence-electron chi connectivity index (χ0n) is 13.9. The standard InChI is InChI=1S/C17H21N5O2/c1-11(2)10-24-15-4-3-13(8-19-15)16(23)22-6-5-12-7-20-17(18)21-14(12)9-22/h3-4,7-8,11H,5-6,9-10H2,1-2H3,(H2,18,20,21). The topological polar surface area (TPSA) is 94.2 Å². The van der Waals surface area contributed by atoms with Crippen LogP contribution >= 0.6 is 0 Å². The summed E-state index contributed by atoms with van der Waals surface area (Å²) in [5, 5.41) is 0. The lowest BCUT2D eigenvalue weighted by Gasteiger charge is -2.27. The van der Waals surface area contributed by atoms with Crippen LogP contribution in [0.2, 0.25) is 0 Å². The molecule has 0 saturated heterocycles. The van der Waals surface area contributed by atoms with Gasteiger partial charge in [-0.05, 0) is 24.0 Å². The van der Waals surface area contributed by atoms with E-state index in [1.807, 2.05) is 0 Å². The van der Waals surface area contributed by atoms with Crippen LogP contribution < -0.4 is 10.5 Å². The monoisotopic (exact) mass is 327 g/mol. The third-order valence-electron chi connectivity index (χ3n) is 3.80.